The zero-order chi connectivity index (χ0) is 17.8. The van der Waals surface area contributed by atoms with Gasteiger partial charge in [-0.25, -0.2) is 0 Å². The Labute approximate surface area is 161 Å². The van der Waals surface area contributed by atoms with Crippen molar-refractivity contribution in [2.75, 3.05) is 0 Å². The van der Waals surface area contributed by atoms with Gasteiger partial charge in [0.25, 0.3) is 0 Å². The summed E-state index contributed by atoms with van der Waals surface area (Å²) in [6, 6.07) is 7.92. The van der Waals surface area contributed by atoms with Crippen LogP contribution in [0.25, 0.3) is 11.4 Å². The molecule has 0 amide bonds. The summed E-state index contributed by atoms with van der Waals surface area (Å²) in [4.78, 5) is 1.35. The van der Waals surface area contributed by atoms with Crippen LogP contribution in [0.4, 0.5) is 0 Å². The van der Waals surface area contributed by atoms with Crippen LogP contribution < -0.4 is 0 Å². The molecule has 0 aliphatic carbocycles. The Hall–Kier alpha value is -1.56. The summed E-state index contributed by atoms with van der Waals surface area (Å²) in [6.45, 7) is 8.93. The Morgan fingerprint density at radius 2 is 2.20 bits per heavy atom. The third-order valence-corrected chi connectivity index (χ3v) is 6.21. The van der Waals surface area contributed by atoms with E-state index in [4.69, 9.17) is 11.6 Å². The molecule has 0 atom stereocenters. The van der Waals surface area contributed by atoms with Crippen molar-refractivity contribution in [1.82, 2.24) is 14.8 Å². The standard InChI is InChI=1S/C19H20ClN3S2/c1-4-9-23-18(17-12-24-13(3)16(17)5-2)21-22-19(23)25-11-14-7-6-8-15(20)10-14/h4,6-8,10,12H,1,5,9,11H2,2-3H3. The summed E-state index contributed by atoms with van der Waals surface area (Å²) in [7, 11) is 0. The van der Waals surface area contributed by atoms with Crippen molar-refractivity contribution >= 4 is 34.7 Å². The summed E-state index contributed by atoms with van der Waals surface area (Å²) < 4.78 is 2.14. The minimum absolute atomic E-state index is 0.693. The summed E-state index contributed by atoms with van der Waals surface area (Å²) in [5, 5.41) is 12.8. The second-order valence-corrected chi connectivity index (χ2v) is 8.12. The highest BCUT2D eigenvalue weighted by molar-refractivity contribution is 7.98. The maximum Gasteiger partial charge on any atom is 0.192 e. The van der Waals surface area contributed by atoms with Crippen molar-refractivity contribution in [3.63, 3.8) is 0 Å². The van der Waals surface area contributed by atoms with Gasteiger partial charge < -0.3 is 0 Å². The molecule has 0 bridgehead atoms. The Kier molecular flexibility index (Phi) is 5.99. The molecule has 1 aromatic carbocycles. The van der Waals surface area contributed by atoms with Gasteiger partial charge in [-0.15, -0.1) is 28.1 Å². The molecule has 0 N–H and O–H groups in total. The van der Waals surface area contributed by atoms with Gasteiger partial charge in [0.05, 0.1) is 0 Å². The van der Waals surface area contributed by atoms with Crippen LogP contribution in [-0.2, 0) is 18.7 Å². The number of thiophene rings is 1. The normalized spacial score (nSPS) is 11.0. The highest BCUT2D eigenvalue weighted by Crippen LogP contribution is 2.33. The smallest absolute Gasteiger partial charge is 0.192 e. The van der Waals surface area contributed by atoms with Crippen molar-refractivity contribution in [3.8, 4) is 11.4 Å². The lowest BCUT2D eigenvalue weighted by molar-refractivity contribution is 0.730. The predicted octanol–water partition coefficient (Wildman–Crippen LogP) is 6.01. The van der Waals surface area contributed by atoms with Crippen molar-refractivity contribution < 1.29 is 0 Å². The molecule has 2 heterocycles. The molecule has 2 aromatic heterocycles. The first-order valence-corrected chi connectivity index (χ1v) is 10.4. The lowest BCUT2D eigenvalue weighted by atomic mass is 10.1. The zero-order valence-electron chi connectivity index (χ0n) is 14.3. The molecule has 0 aliphatic rings. The highest BCUT2D eigenvalue weighted by atomic mass is 35.5. The summed E-state index contributed by atoms with van der Waals surface area (Å²) >= 11 is 9.51. The minimum atomic E-state index is 0.693. The number of thioether (sulfide) groups is 1. The molecule has 3 aromatic rings. The molecular formula is C19H20ClN3S2. The predicted molar refractivity (Wildman–Crippen MR) is 109 cm³/mol. The average molecular weight is 390 g/mol. The molecular weight excluding hydrogens is 370 g/mol. The molecule has 130 valence electrons. The van der Waals surface area contributed by atoms with Gasteiger partial charge in [-0.3, -0.25) is 4.57 Å². The molecule has 0 radical (unpaired) electrons. The molecule has 0 fully saturated rings. The summed E-state index contributed by atoms with van der Waals surface area (Å²) in [6.07, 6.45) is 2.89. The fourth-order valence-corrected chi connectivity index (χ4v) is 4.81. The van der Waals surface area contributed by atoms with E-state index in [1.54, 1.807) is 23.1 Å². The van der Waals surface area contributed by atoms with Gasteiger partial charge in [-0.05, 0) is 36.6 Å². The van der Waals surface area contributed by atoms with E-state index >= 15 is 0 Å². The number of rotatable bonds is 7. The minimum Gasteiger partial charge on any atom is -0.298 e. The lowest BCUT2D eigenvalue weighted by Gasteiger charge is -2.08. The molecule has 0 saturated heterocycles. The Morgan fingerprint density at radius 3 is 2.92 bits per heavy atom. The maximum absolute atomic E-state index is 6.07. The number of halogens is 1. The van der Waals surface area contributed by atoms with Gasteiger partial charge in [-0.1, -0.05) is 48.5 Å². The quantitative estimate of drug-likeness (QED) is 0.366. The van der Waals surface area contributed by atoms with E-state index in [9.17, 15) is 0 Å². The van der Waals surface area contributed by atoms with E-state index in [0.29, 0.717) is 6.54 Å². The van der Waals surface area contributed by atoms with E-state index in [1.807, 2.05) is 24.3 Å². The van der Waals surface area contributed by atoms with E-state index in [2.05, 4.69) is 46.6 Å². The Balaban J connectivity index is 1.90. The monoisotopic (exact) mass is 389 g/mol. The second kappa shape index (κ2) is 8.21. The van der Waals surface area contributed by atoms with E-state index in [0.717, 1.165) is 28.2 Å². The van der Waals surface area contributed by atoms with Crippen LogP contribution in [0.15, 0.2) is 47.5 Å². The third-order valence-electron chi connectivity index (χ3n) is 3.98. The second-order valence-electron chi connectivity index (χ2n) is 5.66. The number of hydrogen-bond acceptors (Lipinski definition) is 4. The molecule has 0 unspecified atom stereocenters. The fourth-order valence-electron chi connectivity index (χ4n) is 2.77. The van der Waals surface area contributed by atoms with Gasteiger partial charge in [0.15, 0.2) is 11.0 Å². The Bertz CT molecular complexity index is 883. The van der Waals surface area contributed by atoms with Gasteiger partial charge in [0.2, 0.25) is 0 Å². The van der Waals surface area contributed by atoms with Crippen LogP contribution >= 0.6 is 34.7 Å². The summed E-state index contributed by atoms with van der Waals surface area (Å²) in [5.41, 5.74) is 3.72. The van der Waals surface area contributed by atoms with Crippen LogP contribution in [0.1, 0.15) is 22.9 Å². The first-order valence-electron chi connectivity index (χ1n) is 8.12. The van der Waals surface area contributed by atoms with Crippen LogP contribution in [0.5, 0.6) is 0 Å². The SMILES string of the molecule is C=CCn1c(SCc2cccc(Cl)c2)nnc1-c1csc(C)c1CC. The lowest BCUT2D eigenvalue weighted by Crippen LogP contribution is -2.01. The van der Waals surface area contributed by atoms with E-state index in [-0.39, 0.29) is 0 Å². The van der Waals surface area contributed by atoms with Crippen molar-refractivity contribution in [2.45, 2.75) is 37.7 Å². The number of aryl methyl sites for hydroxylation is 1. The number of nitrogens with zero attached hydrogens (tertiary/aromatic N) is 3. The molecule has 6 heteroatoms. The van der Waals surface area contributed by atoms with E-state index in [1.165, 1.54) is 21.6 Å². The molecule has 0 aliphatic heterocycles. The highest BCUT2D eigenvalue weighted by Gasteiger charge is 2.18. The molecule has 25 heavy (non-hydrogen) atoms. The fraction of sp³-hybridized carbons (Fsp3) is 0.263. The van der Waals surface area contributed by atoms with Gasteiger partial charge in [0, 0.05) is 33.1 Å². The summed E-state index contributed by atoms with van der Waals surface area (Å²) in [5.74, 6) is 1.73. The largest absolute Gasteiger partial charge is 0.298 e. The first kappa shape index (κ1) is 18.2. The molecule has 3 rings (SSSR count). The van der Waals surface area contributed by atoms with Crippen LogP contribution in [0.2, 0.25) is 5.02 Å². The van der Waals surface area contributed by atoms with E-state index < -0.39 is 0 Å². The van der Waals surface area contributed by atoms with Gasteiger partial charge >= 0.3 is 0 Å². The van der Waals surface area contributed by atoms with Crippen LogP contribution in [0, 0.1) is 6.92 Å². The molecule has 3 nitrogen and oxygen atoms in total. The molecule has 0 saturated carbocycles. The Morgan fingerprint density at radius 1 is 1.36 bits per heavy atom. The number of aromatic nitrogens is 3. The van der Waals surface area contributed by atoms with Gasteiger partial charge in [-0.2, -0.15) is 0 Å². The maximum atomic E-state index is 6.07. The first-order chi connectivity index (χ1) is 12.1. The number of hydrogen-bond donors (Lipinski definition) is 0. The number of allylic oxidation sites excluding steroid dienone is 1. The zero-order valence-corrected chi connectivity index (χ0v) is 16.7. The van der Waals surface area contributed by atoms with Crippen molar-refractivity contribution in [1.29, 1.82) is 0 Å². The van der Waals surface area contributed by atoms with Gasteiger partial charge in [0.1, 0.15) is 0 Å². The third kappa shape index (κ3) is 4.00. The average Bonchev–Trinajstić information content (AvgIpc) is 3.16. The molecule has 0 spiro atoms. The number of benzene rings is 1. The van der Waals surface area contributed by atoms with Crippen molar-refractivity contribution in [3.05, 3.63) is 63.3 Å². The van der Waals surface area contributed by atoms with Crippen molar-refractivity contribution in [2.24, 2.45) is 0 Å². The van der Waals surface area contributed by atoms with Crippen LogP contribution in [-0.4, -0.2) is 14.8 Å². The topological polar surface area (TPSA) is 30.7 Å². The van der Waals surface area contributed by atoms with Crippen LogP contribution in [0.3, 0.4) is 0 Å².